The summed E-state index contributed by atoms with van der Waals surface area (Å²) in [7, 11) is 0. The van der Waals surface area contributed by atoms with Crippen molar-refractivity contribution in [2.75, 3.05) is 13.2 Å². The van der Waals surface area contributed by atoms with Crippen LogP contribution < -0.4 is 15.8 Å². The summed E-state index contributed by atoms with van der Waals surface area (Å²) >= 11 is 0. The van der Waals surface area contributed by atoms with Gasteiger partial charge in [-0.2, -0.15) is 4.98 Å². The van der Waals surface area contributed by atoms with E-state index in [1.54, 1.807) is 0 Å². The zero-order chi connectivity index (χ0) is 19.0. The number of aryl methyl sites for hydroxylation is 1. The van der Waals surface area contributed by atoms with Crippen molar-refractivity contribution in [3.8, 4) is 17.1 Å². The van der Waals surface area contributed by atoms with Crippen LogP contribution >= 0.6 is 12.4 Å². The number of aromatic nitrogens is 2. The summed E-state index contributed by atoms with van der Waals surface area (Å²) in [6.07, 6.45) is 2.32. The molecule has 2 aromatic rings. The lowest BCUT2D eigenvalue weighted by Gasteiger charge is -2.26. The lowest BCUT2D eigenvalue weighted by Crippen LogP contribution is -2.49. The second kappa shape index (κ2) is 10.9. The van der Waals surface area contributed by atoms with Crippen LogP contribution in [0.5, 0.6) is 5.75 Å². The number of benzene rings is 1. The van der Waals surface area contributed by atoms with Gasteiger partial charge < -0.3 is 20.3 Å². The van der Waals surface area contributed by atoms with E-state index in [-0.39, 0.29) is 30.3 Å². The smallest absolute Gasteiger partial charge is 0.227 e. The first kappa shape index (κ1) is 22.9. The molecule has 8 heteroatoms. The highest BCUT2D eigenvalue weighted by molar-refractivity contribution is 5.85. The Balaban J connectivity index is 0.00000364. The third-order valence-corrected chi connectivity index (χ3v) is 4.50. The van der Waals surface area contributed by atoms with Crippen molar-refractivity contribution in [1.82, 2.24) is 15.5 Å². The van der Waals surface area contributed by atoms with Crippen LogP contribution in [0, 0.1) is 0 Å². The fourth-order valence-electron chi connectivity index (χ4n) is 2.42. The molecular weight excluding hydrogens is 368 g/mol. The monoisotopic (exact) mass is 396 g/mol. The van der Waals surface area contributed by atoms with E-state index in [4.69, 9.17) is 15.0 Å². The van der Waals surface area contributed by atoms with Gasteiger partial charge in [0.25, 0.3) is 0 Å². The molecule has 0 radical (unpaired) electrons. The van der Waals surface area contributed by atoms with Gasteiger partial charge in [-0.3, -0.25) is 4.79 Å². The molecule has 0 fully saturated rings. The molecule has 27 heavy (non-hydrogen) atoms. The summed E-state index contributed by atoms with van der Waals surface area (Å²) < 4.78 is 10.7. The second-order valence-corrected chi connectivity index (χ2v) is 6.32. The third kappa shape index (κ3) is 6.84. The van der Waals surface area contributed by atoms with E-state index in [0.29, 0.717) is 31.3 Å². The van der Waals surface area contributed by atoms with Crippen LogP contribution in [0.3, 0.4) is 0 Å². The molecule has 0 unspecified atom stereocenters. The van der Waals surface area contributed by atoms with Crippen molar-refractivity contribution in [1.29, 1.82) is 0 Å². The van der Waals surface area contributed by atoms with Crippen LogP contribution in [0.1, 0.15) is 45.9 Å². The number of hydrogen-bond donors (Lipinski definition) is 2. The highest BCUT2D eigenvalue weighted by Gasteiger charge is 2.21. The predicted molar refractivity (Wildman–Crippen MR) is 107 cm³/mol. The Labute approximate surface area is 166 Å². The van der Waals surface area contributed by atoms with E-state index < -0.39 is 0 Å². The second-order valence-electron chi connectivity index (χ2n) is 6.32. The number of nitrogens with two attached hydrogens (primary N) is 1. The highest BCUT2D eigenvalue weighted by Crippen LogP contribution is 2.20. The Bertz CT molecular complexity index is 699. The van der Waals surface area contributed by atoms with E-state index in [2.05, 4.69) is 15.5 Å². The number of rotatable bonds is 10. The first-order chi connectivity index (χ1) is 12.5. The predicted octanol–water partition coefficient (Wildman–Crippen LogP) is 3.12. The summed E-state index contributed by atoms with van der Waals surface area (Å²) in [6, 6.07) is 7.48. The van der Waals surface area contributed by atoms with E-state index in [1.807, 2.05) is 45.0 Å². The van der Waals surface area contributed by atoms with Gasteiger partial charge in [-0.05, 0) is 44.0 Å². The first-order valence-electron chi connectivity index (χ1n) is 9.11. The standard InChI is InChI=1S/C19H28N4O3.ClH/c1-4-19(20,5-2)13-21-16(24)11-12-17-22-18(23-26-17)14-7-9-15(10-8-14)25-6-3;/h7-10H,4-6,11-13,20H2,1-3H3,(H,21,24);1H. The maximum Gasteiger partial charge on any atom is 0.227 e. The molecular formula is C19H29ClN4O3. The molecule has 3 N–H and O–H groups in total. The van der Waals surface area contributed by atoms with Crippen LogP contribution in [-0.4, -0.2) is 34.7 Å². The van der Waals surface area contributed by atoms with Crippen molar-refractivity contribution in [2.24, 2.45) is 5.73 Å². The van der Waals surface area contributed by atoms with Crippen LogP contribution in [0.25, 0.3) is 11.4 Å². The highest BCUT2D eigenvalue weighted by atomic mass is 35.5. The molecule has 0 aliphatic carbocycles. The van der Waals surface area contributed by atoms with Crippen molar-refractivity contribution < 1.29 is 14.1 Å². The van der Waals surface area contributed by atoms with Crippen molar-refractivity contribution in [3.63, 3.8) is 0 Å². The molecule has 7 nitrogen and oxygen atoms in total. The van der Waals surface area contributed by atoms with Crippen molar-refractivity contribution in [3.05, 3.63) is 30.2 Å². The minimum Gasteiger partial charge on any atom is -0.494 e. The van der Waals surface area contributed by atoms with Crippen molar-refractivity contribution >= 4 is 18.3 Å². The quantitative estimate of drug-likeness (QED) is 0.639. The average molecular weight is 397 g/mol. The molecule has 0 aliphatic rings. The van der Waals surface area contributed by atoms with Gasteiger partial charge in [-0.25, -0.2) is 0 Å². The van der Waals surface area contributed by atoms with Crippen LogP contribution in [0.2, 0.25) is 0 Å². The molecule has 150 valence electrons. The van der Waals surface area contributed by atoms with Crippen LogP contribution in [0.15, 0.2) is 28.8 Å². The first-order valence-corrected chi connectivity index (χ1v) is 9.11. The fourth-order valence-corrected chi connectivity index (χ4v) is 2.42. The Morgan fingerprint density at radius 2 is 1.89 bits per heavy atom. The molecule has 0 atom stereocenters. The molecule has 0 saturated carbocycles. The van der Waals surface area contributed by atoms with Gasteiger partial charge in [0.1, 0.15) is 5.75 Å². The Hall–Kier alpha value is -2.12. The minimum absolute atomic E-state index is 0. The Morgan fingerprint density at radius 1 is 1.22 bits per heavy atom. The molecule has 2 rings (SSSR count). The number of hydrogen-bond acceptors (Lipinski definition) is 6. The molecule has 0 saturated heterocycles. The zero-order valence-electron chi connectivity index (χ0n) is 16.2. The molecule has 0 aliphatic heterocycles. The van der Waals surface area contributed by atoms with E-state index in [0.717, 1.165) is 24.2 Å². The largest absolute Gasteiger partial charge is 0.494 e. The number of carbonyl (C=O) groups excluding carboxylic acids is 1. The van der Waals surface area contributed by atoms with Crippen molar-refractivity contribution in [2.45, 2.75) is 52.0 Å². The van der Waals surface area contributed by atoms with Gasteiger partial charge in [0.05, 0.1) is 6.61 Å². The van der Waals surface area contributed by atoms with Gasteiger partial charge in [0, 0.05) is 30.5 Å². The number of ether oxygens (including phenoxy) is 1. The SMILES string of the molecule is CCOc1ccc(-c2noc(CCC(=O)NCC(N)(CC)CC)n2)cc1.Cl. The number of halogens is 1. The van der Waals surface area contributed by atoms with Gasteiger partial charge in [0.15, 0.2) is 0 Å². The lowest BCUT2D eigenvalue weighted by atomic mass is 9.94. The number of amides is 1. The van der Waals surface area contributed by atoms with Gasteiger partial charge >= 0.3 is 0 Å². The number of nitrogens with zero attached hydrogens (tertiary/aromatic N) is 2. The van der Waals surface area contributed by atoms with Gasteiger partial charge in [0.2, 0.25) is 17.6 Å². The summed E-state index contributed by atoms with van der Waals surface area (Å²) in [6.45, 7) is 7.08. The summed E-state index contributed by atoms with van der Waals surface area (Å²) in [5.41, 5.74) is 6.68. The van der Waals surface area contributed by atoms with Gasteiger partial charge in [-0.1, -0.05) is 19.0 Å². The summed E-state index contributed by atoms with van der Waals surface area (Å²) in [5, 5.41) is 6.86. The zero-order valence-corrected chi connectivity index (χ0v) is 17.0. The third-order valence-electron chi connectivity index (χ3n) is 4.50. The van der Waals surface area contributed by atoms with Crippen LogP contribution in [-0.2, 0) is 11.2 Å². The Morgan fingerprint density at radius 3 is 2.48 bits per heavy atom. The molecule has 1 amide bonds. The maximum absolute atomic E-state index is 12.0. The minimum atomic E-state index is -0.346. The summed E-state index contributed by atoms with van der Waals surface area (Å²) in [4.78, 5) is 16.3. The van der Waals surface area contributed by atoms with Gasteiger partial charge in [-0.15, -0.1) is 12.4 Å². The molecule has 1 heterocycles. The maximum atomic E-state index is 12.0. The van der Waals surface area contributed by atoms with Crippen LogP contribution in [0.4, 0.5) is 0 Å². The normalized spacial score (nSPS) is 11.0. The summed E-state index contributed by atoms with van der Waals surface area (Å²) in [5.74, 6) is 1.67. The van der Waals surface area contributed by atoms with E-state index >= 15 is 0 Å². The lowest BCUT2D eigenvalue weighted by molar-refractivity contribution is -0.121. The Kier molecular flexibility index (Phi) is 9.25. The molecule has 0 spiro atoms. The number of carbonyl (C=O) groups is 1. The average Bonchev–Trinajstić information content (AvgIpc) is 3.14. The van der Waals surface area contributed by atoms with E-state index in [9.17, 15) is 4.79 Å². The van der Waals surface area contributed by atoms with E-state index in [1.165, 1.54) is 0 Å². The molecule has 1 aromatic heterocycles. The fraction of sp³-hybridized carbons (Fsp3) is 0.526. The number of nitrogens with one attached hydrogen (secondary N) is 1. The molecule has 1 aromatic carbocycles. The molecule has 0 bridgehead atoms. The topological polar surface area (TPSA) is 103 Å².